The molecule has 0 spiro atoms. The molecular formula is C30H35ClN2O2. The Kier molecular flexibility index (Phi) is 8.74. The average molecular weight is 491 g/mol. The van der Waals surface area contributed by atoms with Gasteiger partial charge in [0.15, 0.2) is 0 Å². The van der Waals surface area contributed by atoms with Gasteiger partial charge in [-0.3, -0.25) is 9.59 Å². The molecule has 35 heavy (non-hydrogen) atoms. The SMILES string of the molecule is Cc1cc(C)cc(CC(=O)N(Cc2ccc(Cl)cc2)[C@@H](Cc2ccccc2)C(=O)NC(C)(C)C)c1. The molecule has 4 nitrogen and oxygen atoms in total. The van der Waals surface area contributed by atoms with Gasteiger partial charge in [-0.05, 0) is 63.4 Å². The van der Waals surface area contributed by atoms with Crippen molar-refractivity contribution < 1.29 is 9.59 Å². The molecule has 1 N–H and O–H groups in total. The second-order valence-corrected chi connectivity index (χ2v) is 10.7. The van der Waals surface area contributed by atoms with Gasteiger partial charge in [-0.25, -0.2) is 0 Å². The molecule has 0 unspecified atom stereocenters. The summed E-state index contributed by atoms with van der Waals surface area (Å²) in [7, 11) is 0. The van der Waals surface area contributed by atoms with Gasteiger partial charge in [0.25, 0.3) is 0 Å². The van der Waals surface area contributed by atoms with E-state index in [1.165, 1.54) is 0 Å². The van der Waals surface area contributed by atoms with Crippen LogP contribution in [-0.2, 0) is 29.0 Å². The van der Waals surface area contributed by atoms with Crippen LogP contribution in [0.2, 0.25) is 5.02 Å². The predicted octanol–water partition coefficient (Wildman–Crippen LogP) is 6.05. The number of rotatable bonds is 8. The second-order valence-electron chi connectivity index (χ2n) is 10.3. The van der Waals surface area contributed by atoms with Crippen LogP contribution in [0.25, 0.3) is 0 Å². The summed E-state index contributed by atoms with van der Waals surface area (Å²) in [6.45, 7) is 10.2. The van der Waals surface area contributed by atoms with Gasteiger partial charge < -0.3 is 10.2 Å². The van der Waals surface area contributed by atoms with E-state index < -0.39 is 11.6 Å². The molecule has 0 radical (unpaired) electrons. The molecule has 0 aliphatic carbocycles. The van der Waals surface area contributed by atoms with E-state index in [1.807, 2.05) is 101 Å². The van der Waals surface area contributed by atoms with Gasteiger partial charge in [-0.2, -0.15) is 0 Å². The fourth-order valence-electron chi connectivity index (χ4n) is 4.24. The summed E-state index contributed by atoms with van der Waals surface area (Å²) in [4.78, 5) is 29.1. The van der Waals surface area contributed by atoms with Crippen LogP contribution < -0.4 is 5.32 Å². The Labute approximate surface area is 214 Å². The van der Waals surface area contributed by atoms with E-state index >= 15 is 0 Å². The van der Waals surface area contributed by atoms with Crippen molar-refractivity contribution >= 4 is 23.4 Å². The van der Waals surface area contributed by atoms with Crippen LogP contribution in [0.3, 0.4) is 0 Å². The van der Waals surface area contributed by atoms with Crippen molar-refractivity contribution in [3.8, 4) is 0 Å². The first-order chi connectivity index (χ1) is 16.5. The third kappa shape index (κ3) is 8.25. The van der Waals surface area contributed by atoms with Gasteiger partial charge >= 0.3 is 0 Å². The molecule has 5 heteroatoms. The number of carbonyl (C=O) groups excluding carboxylic acids is 2. The Balaban J connectivity index is 2.00. The largest absolute Gasteiger partial charge is 0.350 e. The maximum absolute atomic E-state index is 13.8. The van der Waals surface area contributed by atoms with Crippen molar-refractivity contribution in [1.29, 1.82) is 0 Å². The Hall–Kier alpha value is -3.11. The Morgan fingerprint density at radius 2 is 1.46 bits per heavy atom. The number of nitrogens with zero attached hydrogens (tertiary/aromatic N) is 1. The van der Waals surface area contributed by atoms with Crippen molar-refractivity contribution in [3.63, 3.8) is 0 Å². The third-order valence-electron chi connectivity index (χ3n) is 5.67. The number of hydrogen-bond acceptors (Lipinski definition) is 2. The summed E-state index contributed by atoms with van der Waals surface area (Å²) in [5.74, 6) is -0.251. The summed E-state index contributed by atoms with van der Waals surface area (Å²) in [6.07, 6.45) is 0.652. The molecule has 0 aliphatic heterocycles. The van der Waals surface area contributed by atoms with Crippen molar-refractivity contribution in [2.45, 2.75) is 65.6 Å². The Morgan fingerprint density at radius 3 is 2.03 bits per heavy atom. The van der Waals surface area contributed by atoms with Crippen LogP contribution in [0.4, 0.5) is 0 Å². The van der Waals surface area contributed by atoms with Crippen LogP contribution in [0.1, 0.15) is 48.6 Å². The van der Waals surface area contributed by atoms with Gasteiger partial charge in [0.05, 0.1) is 6.42 Å². The molecule has 0 saturated heterocycles. The monoisotopic (exact) mass is 490 g/mol. The van der Waals surface area contributed by atoms with Crippen LogP contribution >= 0.6 is 11.6 Å². The highest BCUT2D eigenvalue weighted by atomic mass is 35.5. The molecule has 0 bridgehead atoms. The summed E-state index contributed by atoms with van der Waals surface area (Å²) >= 11 is 6.10. The standard InChI is InChI=1S/C30H35ClN2O2/c1-21-15-22(2)17-25(16-21)19-28(34)33(20-24-11-13-26(31)14-12-24)27(29(35)32-30(3,4)5)18-23-9-7-6-8-10-23/h6-17,27H,18-20H2,1-5H3,(H,32,35)/t27-/m0/s1. The zero-order valence-electron chi connectivity index (χ0n) is 21.3. The van der Waals surface area contributed by atoms with E-state index in [0.717, 1.165) is 27.8 Å². The van der Waals surface area contributed by atoms with E-state index in [0.29, 0.717) is 18.0 Å². The molecule has 0 heterocycles. The summed E-state index contributed by atoms with van der Waals surface area (Å²) < 4.78 is 0. The minimum absolute atomic E-state index is 0.0880. The van der Waals surface area contributed by atoms with E-state index in [4.69, 9.17) is 11.6 Å². The van der Waals surface area contributed by atoms with Gasteiger partial charge in [0.2, 0.25) is 11.8 Å². The molecule has 3 aromatic rings. The van der Waals surface area contributed by atoms with E-state index in [-0.39, 0.29) is 18.2 Å². The molecular weight excluding hydrogens is 456 g/mol. The second kappa shape index (κ2) is 11.5. The first-order valence-corrected chi connectivity index (χ1v) is 12.3. The van der Waals surface area contributed by atoms with Crippen LogP contribution in [0, 0.1) is 13.8 Å². The van der Waals surface area contributed by atoms with Gasteiger partial charge in [0.1, 0.15) is 6.04 Å². The summed E-state index contributed by atoms with van der Waals surface area (Å²) in [5, 5.41) is 3.73. The highest BCUT2D eigenvalue weighted by molar-refractivity contribution is 6.30. The minimum atomic E-state index is -0.661. The number of halogens is 1. The maximum Gasteiger partial charge on any atom is 0.243 e. The number of hydrogen-bond donors (Lipinski definition) is 1. The Morgan fingerprint density at radius 1 is 0.857 bits per heavy atom. The smallest absolute Gasteiger partial charge is 0.243 e. The predicted molar refractivity (Wildman–Crippen MR) is 143 cm³/mol. The number of aryl methyl sites for hydroxylation is 2. The summed E-state index contributed by atoms with van der Waals surface area (Å²) in [5.41, 5.74) is 4.68. The molecule has 1 atom stereocenters. The van der Waals surface area contributed by atoms with E-state index in [2.05, 4.69) is 11.4 Å². The third-order valence-corrected chi connectivity index (χ3v) is 5.92. The maximum atomic E-state index is 13.8. The molecule has 0 fully saturated rings. The molecule has 3 rings (SSSR count). The molecule has 0 aromatic heterocycles. The fourth-order valence-corrected chi connectivity index (χ4v) is 4.37. The number of nitrogens with one attached hydrogen (secondary N) is 1. The van der Waals surface area contributed by atoms with Crippen LogP contribution in [-0.4, -0.2) is 28.3 Å². The molecule has 2 amide bonds. The van der Waals surface area contributed by atoms with Crippen molar-refractivity contribution in [3.05, 3.63) is 106 Å². The van der Waals surface area contributed by atoms with Crippen molar-refractivity contribution in [2.75, 3.05) is 0 Å². The van der Waals surface area contributed by atoms with Crippen molar-refractivity contribution in [1.82, 2.24) is 10.2 Å². The van der Waals surface area contributed by atoms with Crippen molar-refractivity contribution in [2.24, 2.45) is 0 Å². The normalized spacial score (nSPS) is 12.2. The highest BCUT2D eigenvalue weighted by Gasteiger charge is 2.32. The number of carbonyl (C=O) groups is 2. The highest BCUT2D eigenvalue weighted by Crippen LogP contribution is 2.19. The van der Waals surface area contributed by atoms with Crippen LogP contribution in [0.5, 0.6) is 0 Å². The lowest BCUT2D eigenvalue weighted by atomic mass is 9.99. The lowest BCUT2D eigenvalue weighted by Crippen LogP contribution is -2.54. The average Bonchev–Trinajstić information content (AvgIpc) is 2.76. The van der Waals surface area contributed by atoms with Gasteiger partial charge in [0, 0.05) is 23.5 Å². The fraction of sp³-hybridized carbons (Fsp3) is 0.333. The number of amides is 2. The van der Waals surface area contributed by atoms with Gasteiger partial charge in [-0.15, -0.1) is 0 Å². The summed E-state index contributed by atoms with van der Waals surface area (Å²) in [6, 6.07) is 22.8. The van der Waals surface area contributed by atoms with E-state index in [9.17, 15) is 9.59 Å². The van der Waals surface area contributed by atoms with E-state index in [1.54, 1.807) is 4.90 Å². The minimum Gasteiger partial charge on any atom is -0.350 e. The zero-order chi connectivity index (χ0) is 25.6. The molecule has 184 valence electrons. The molecule has 3 aromatic carbocycles. The number of benzene rings is 3. The van der Waals surface area contributed by atoms with Gasteiger partial charge in [-0.1, -0.05) is 83.4 Å². The van der Waals surface area contributed by atoms with Crippen LogP contribution in [0.15, 0.2) is 72.8 Å². The first-order valence-electron chi connectivity index (χ1n) is 12.0. The molecule has 0 saturated carbocycles. The topological polar surface area (TPSA) is 49.4 Å². The first kappa shape index (κ1) is 26.5. The lowest BCUT2D eigenvalue weighted by molar-refractivity contribution is -0.141. The zero-order valence-corrected chi connectivity index (χ0v) is 22.0. The quantitative estimate of drug-likeness (QED) is 0.417. The Bertz CT molecular complexity index is 1130. The lowest BCUT2D eigenvalue weighted by Gasteiger charge is -2.34. The molecule has 0 aliphatic rings.